The number of aromatic amines is 2. The monoisotopic (exact) mass is 1270 g/mol. The van der Waals surface area contributed by atoms with Crippen molar-refractivity contribution in [2.24, 2.45) is 20.0 Å². The van der Waals surface area contributed by atoms with Crippen molar-refractivity contribution < 1.29 is 106 Å². The van der Waals surface area contributed by atoms with E-state index in [0.29, 0.717) is 85.8 Å². The largest absolute Gasteiger partial charge is 1.00 e. The van der Waals surface area contributed by atoms with E-state index < -0.39 is 45.0 Å². The summed E-state index contributed by atoms with van der Waals surface area (Å²) in [5.74, 6) is 0.489. The summed E-state index contributed by atoms with van der Waals surface area (Å²) in [7, 11) is -14.0. The summed E-state index contributed by atoms with van der Waals surface area (Å²) in [4.78, 5) is 38.4. The Balaban J connectivity index is 0.000000615. The Morgan fingerprint density at radius 3 is 0.843 bits per heavy atom. The molecule has 33 heteroatoms. The van der Waals surface area contributed by atoms with Crippen LogP contribution >= 0.6 is 0 Å². The third-order valence-electron chi connectivity index (χ3n) is 12.3. The molecule has 0 aliphatic carbocycles. The first-order valence-electron chi connectivity index (χ1n) is 25.1. The Hall–Kier alpha value is -5.99. The number of aliphatic hydroxyl groups is 9. The standard InChI is InChI=1S/C32H18N8O9S3.3C6H15NO3.Cu/c41-50(42,43)14-5-8-19-22(11-14)30-36-26-18-4-2-1-3-17(18)25(33-26)34-27-20-9-6-15(51(44,45)46)12-23(20)31(38-27)40-32-24-13-16(52(47,48)49)7-10-21(24)29(39-32)35-28(19)37-30;3*8-4-1-7(2-5-9)3-6-10;/h1-13H,(H5-2,33,34,35,36,37,38,39,40,41,42,43,44,45,46,47,48,49);3*8-10H,1-6H2;/q-2;;;;/p+3. The molecule has 0 atom stereocenters. The summed E-state index contributed by atoms with van der Waals surface area (Å²) in [5.41, 5.74) is 0.327. The van der Waals surface area contributed by atoms with E-state index in [-0.39, 0.29) is 142 Å². The number of aromatic nitrogens is 4. The Morgan fingerprint density at radius 1 is 0.349 bits per heavy atom. The van der Waals surface area contributed by atoms with Crippen LogP contribution in [-0.2, 0) is 47.4 Å². The molecule has 83 heavy (non-hydrogen) atoms. The van der Waals surface area contributed by atoms with Gasteiger partial charge in [-0.3, -0.25) is 28.4 Å². The van der Waals surface area contributed by atoms with Gasteiger partial charge in [-0.05, 0) is 57.9 Å². The van der Waals surface area contributed by atoms with Crippen LogP contribution in [0, 0.1) is 0 Å². The van der Waals surface area contributed by atoms with E-state index in [0.717, 1.165) is 12.1 Å². The number of benzene rings is 4. The fourth-order valence-electron chi connectivity index (χ4n) is 8.44. The predicted molar refractivity (Wildman–Crippen MR) is 300 cm³/mol. The molecule has 5 heterocycles. The summed E-state index contributed by atoms with van der Waals surface area (Å²) in [6, 6.07) is 18.4. The number of H-pyrrole nitrogens is 2. The van der Waals surface area contributed by atoms with Gasteiger partial charge in [0, 0.05) is 119 Å². The molecule has 1 radical (unpaired) electrons. The van der Waals surface area contributed by atoms with Crippen molar-refractivity contribution in [2.45, 2.75) is 14.7 Å². The van der Waals surface area contributed by atoms with Crippen LogP contribution in [0.1, 0.15) is 4.28 Å². The van der Waals surface area contributed by atoms with Crippen LogP contribution in [0.5, 0.6) is 0 Å². The first kappa shape index (κ1) is 67.8. The van der Waals surface area contributed by atoms with Gasteiger partial charge in [0.05, 0.1) is 97.4 Å². The topological polar surface area (TPSA) is 464 Å². The van der Waals surface area contributed by atoms with Gasteiger partial charge < -0.3 is 85.9 Å². The van der Waals surface area contributed by atoms with Gasteiger partial charge in [-0.1, -0.05) is 42.5 Å². The van der Waals surface area contributed by atoms with E-state index in [1.165, 1.54) is 42.5 Å². The van der Waals surface area contributed by atoms with Crippen LogP contribution in [0.15, 0.2) is 114 Å². The van der Waals surface area contributed by atoms with Gasteiger partial charge in [0.25, 0.3) is 30.4 Å². The third kappa shape index (κ3) is 17.8. The molecule has 0 saturated carbocycles. The fraction of sp³-hybridized carbons (Fsp3) is 0.360. The molecule has 4 aromatic heterocycles. The molecule has 1 aliphatic rings. The van der Waals surface area contributed by atoms with Crippen LogP contribution in [0.4, 0.5) is 23.3 Å². The number of hydrogen-bond donors (Lipinski definition) is 14. The van der Waals surface area contributed by atoms with Crippen molar-refractivity contribution in [3.63, 3.8) is 0 Å². The molecule has 29 nitrogen and oxygen atoms in total. The summed E-state index contributed by atoms with van der Waals surface area (Å²) in [6.07, 6.45) is 0. The molecule has 9 rings (SSSR count). The maximum absolute atomic E-state index is 12.2. The Morgan fingerprint density at radius 2 is 0.578 bits per heavy atom. The number of nitrogens with one attached hydrogen (secondary N) is 2. The molecular weight excluding hydrogens is 1200 g/mol. The number of fused-ring (bicyclic) bond motifs is 20. The van der Waals surface area contributed by atoms with Crippen molar-refractivity contribution in [2.75, 3.05) is 118 Å². The maximum Gasteiger partial charge on any atom is 1.00 e. The SMILES string of the molecule is O=S(=O)(O)c1ccc2c3[nH]c(c2c1)/N=c1\[n-]/c(c2ccccc12)=N\c1[nH]c(c2cc(S(=O)(=O)O)ccc12)/N=c1\[n-]/c(c2ccc(S(=O)(=O)O)cc12)=N\3.OCCN(CCO)CCO.OCCN(CCO)CCO.OCCN(CCO)CCO.[Cu].[H+].[H+].[H+]. The zero-order valence-corrected chi connectivity index (χ0v) is 47.5. The van der Waals surface area contributed by atoms with Crippen molar-refractivity contribution in [1.29, 1.82) is 0 Å². The van der Waals surface area contributed by atoms with Crippen LogP contribution in [0.3, 0.4) is 0 Å². The zero-order chi connectivity index (χ0) is 59.8. The smallest absolute Gasteiger partial charge is 0.395 e. The van der Waals surface area contributed by atoms with Gasteiger partial charge in [-0.2, -0.15) is 25.3 Å². The molecule has 0 spiro atoms. The summed E-state index contributed by atoms with van der Waals surface area (Å²) < 4.78 is 102. The van der Waals surface area contributed by atoms with Crippen LogP contribution in [0.25, 0.3) is 43.1 Å². The summed E-state index contributed by atoms with van der Waals surface area (Å²) in [5, 5.41) is 79.1. The second-order valence-corrected chi connectivity index (χ2v) is 22.0. The van der Waals surface area contributed by atoms with Crippen LogP contribution < -0.4 is 31.9 Å². The first-order chi connectivity index (χ1) is 39.2. The Labute approximate surface area is 489 Å². The van der Waals surface area contributed by atoms with E-state index in [9.17, 15) is 38.9 Å². The van der Waals surface area contributed by atoms with E-state index in [1.54, 1.807) is 39.0 Å². The van der Waals surface area contributed by atoms with Crippen LogP contribution in [-0.4, -0.2) is 228 Å². The molecule has 1 aliphatic heterocycles. The minimum Gasteiger partial charge on any atom is -0.395 e. The van der Waals surface area contributed by atoms with Crippen LogP contribution in [0.2, 0.25) is 0 Å². The minimum absolute atomic E-state index is 0. The molecule has 8 bridgehead atoms. The molecule has 0 unspecified atom stereocenters. The molecular formula is C50H66CuN11O18S3+. The van der Waals surface area contributed by atoms with Crippen molar-refractivity contribution in [1.82, 2.24) is 34.6 Å². The summed E-state index contributed by atoms with van der Waals surface area (Å²) >= 11 is 0. The molecule has 0 saturated heterocycles. The fourth-order valence-corrected chi connectivity index (χ4v) is 9.96. The molecule has 0 amide bonds. The van der Waals surface area contributed by atoms with E-state index in [2.05, 4.69) is 24.9 Å². The van der Waals surface area contributed by atoms with E-state index in [1.807, 2.05) is 0 Å². The van der Waals surface area contributed by atoms with Crippen molar-refractivity contribution in [3.8, 4) is 0 Å². The second-order valence-electron chi connectivity index (χ2n) is 17.7. The van der Waals surface area contributed by atoms with E-state index >= 15 is 0 Å². The molecule has 457 valence electrons. The number of rotatable bonds is 21. The van der Waals surface area contributed by atoms with Gasteiger partial charge >= 0.3 is 4.28 Å². The predicted octanol–water partition coefficient (Wildman–Crippen LogP) is -2.14. The Kier molecular flexibility index (Phi) is 25.5. The molecule has 8 aromatic rings. The van der Waals surface area contributed by atoms with Crippen molar-refractivity contribution in [3.05, 3.63) is 101 Å². The van der Waals surface area contributed by atoms with Gasteiger partial charge in [-0.25, -0.2) is 0 Å². The maximum atomic E-state index is 12.2. The quantitative estimate of drug-likeness (QED) is 0.0270. The average molecular weight is 1270 g/mol. The Bertz CT molecular complexity index is 3990. The zero-order valence-electron chi connectivity index (χ0n) is 47.1. The normalized spacial score (nSPS) is 14.1. The number of aliphatic hydroxyl groups excluding tert-OH is 9. The second kappa shape index (κ2) is 31.2. The van der Waals surface area contributed by atoms with Gasteiger partial charge in [0.2, 0.25) is 0 Å². The third-order valence-corrected chi connectivity index (χ3v) is 14.8. The minimum atomic E-state index is -4.68. The number of nitrogens with zero attached hydrogens (tertiary/aromatic N) is 9. The van der Waals surface area contributed by atoms with E-state index in [4.69, 9.17) is 60.9 Å². The van der Waals surface area contributed by atoms with Crippen molar-refractivity contribution >= 4 is 96.7 Å². The van der Waals surface area contributed by atoms with Gasteiger partial charge in [-0.15, -0.1) is 0 Å². The summed E-state index contributed by atoms with van der Waals surface area (Å²) in [6.45, 7) is 5.26. The molecule has 14 N–H and O–H groups in total. The molecule has 0 fully saturated rings. The van der Waals surface area contributed by atoms with Gasteiger partial charge in [0.1, 0.15) is 0 Å². The first-order valence-corrected chi connectivity index (χ1v) is 29.4. The molecule has 4 aromatic carbocycles. The number of hydrogen-bond acceptors (Lipinski definition) is 22. The van der Waals surface area contributed by atoms with Gasteiger partial charge in [0.15, 0.2) is 0 Å². The average Bonchev–Trinajstić information content (AvgIpc) is 2.14.